The van der Waals surface area contributed by atoms with Gasteiger partial charge >= 0.3 is 5.63 Å². The zero-order chi connectivity index (χ0) is 23.2. The van der Waals surface area contributed by atoms with Gasteiger partial charge in [0.2, 0.25) is 0 Å². The zero-order valence-electron chi connectivity index (χ0n) is 19.2. The summed E-state index contributed by atoms with van der Waals surface area (Å²) in [5, 5.41) is 5.85. The van der Waals surface area contributed by atoms with Crippen molar-refractivity contribution in [1.29, 1.82) is 0 Å². The molecule has 4 aromatic carbocycles. The molecule has 0 aliphatic heterocycles. The maximum absolute atomic E-state index is 12.7. The Morgan fingerprint density at radius 2 is 1.53 bits per heavy atom. The lowest BCUT2D eigenvalue weighted by Crippen LogP contribution is -2.30. The Kier molecular flexibility index (Phi) is 5.20. The number of benzene rings is 4. The molecule has 0 N–H and O–H groups in total. The molecule has 3 nitrogen and oxygen atoms in total. The normalized spacial score (nSPS) is 12.9. The first-order chi connectivity index (χ1) is 16.7. The maximum atomic E-state index is 12.7. The quantitative estimate of drug-likeness (QED) is 0.194. The van der Waals surface area contributed by atoms with Gasteiger partial charge in [0.25, 0.3) is 0 Å². The summed E-state index contributed by atoms with van der Waals surface area (Å²) >= 11 is 1.83. The molecular weight excluding hydrogens is 438 g/mol. The molecule has 6 rings (SSSR count). The molecule has 34 heavy (non-hydrogen) atoms. The topological polar surface area (TPSA) is 33.5 Å². The highest BCUT2D eigenvalue weighted by Crippen LogP contribution is 2.40. The Morgan fingerprint density at radius 1 is 0.794 bits per heavy atom. The van der Waals surface area contributed by atoms with E-state index >= 15 is 0 Å². The van der Waals surface area contributed by atoms with Gasteiger partial charge in [-0.15, -0.1) is 11.3 Å². The molecule has 0 aliphatic rings. The predicted octanol–water partition coefficient (Wildman–Crippen LogP) is 7.75. The van der Waals surface area contributed by atoms with Gasteiger partial charge in [0.1, 0.15) is 5.58 Å². The van der Waals surface area contributed by atoms with Crippen LogP contribution in [0.2, 0.25) is 0 Å². The van der Waals surface area contributed by atoms with E-state index in [4.69, 9.17) is 4.42 Å². The summed E-state index contributed by atoms with van der Waals surface area (Å²) in [5.41, 5.74) is 2.54. The Labute approximate surface area is 201 Å². The van der Waals surface area contributed by atoms with Crippen LogP contribution >= 0.6 is 11.3 Å². The van der Waals surface area contributed by atoms with Gasteiger partial charge in [-0.25, -0.2) is 4.79 Å². The number of hydrogen-bond acceptors (Lipinski definition) is 4. The molecule has 168 valence electrons. The minimum absolute atomic E-state index is 0.0537. The third-order valence-electron chi connectivity index (χ3n) is 6.85. The smallest absolute Gasteiger partial charge is 0.336 e. The summed E-state index contributed by atoms with van der Waals surface area (Å²) in [6.45, 7) is 6.11. The van der Waals surface area contributed by atoms with Crippen molar-refractivity contribution < 1.29 is 4.42 Å². The number of thiophene rings is 1. The highest BCUT2D eigenvalue weighted by atomic mass is 32.1. The molecule has 0 radical (unpaired) electrons. The number of rotatable bonds is 5. The van der Waals surface area contributed by atoms with Crippen LogP contribution < -0.4 is 5.63 Å². The number of nitrogens with zero attached hydrogens (tertiary/aromatic N) is 1. The second-order valence-corrected chi connectivity index (χ2v) is 9.74. The molecule has 2 heterocycles. The molecule has 0 spiro atoms. The average molecular weight is 464 g/mol. The Hall–Kier alpha value is -3.47. The zero-order valence-corrected chi connectivity index (χ0v) is 20.1. The SMILES string of the molecule is CCN(CC)C(c1ccc2c(c1)sc1ccccc12)c1cc(=O)oc2ccc3ccccc3c12. The van der Waals surface area contributed by atoms with Crippen LogP contribution in [0.4, 0.5) is 0 Å². The second-order valence-electron chi connectivity index (χ2n) is 8.66. The molecule has 0 saturated heterocycles. The lowest BCUT2D eigenvalue weighted by atomic mass is 9.91. The minimum atomic E-state index is -0.308. The van der Waals surface area contributed by atoms with Gasteiger partial charge in [-0.1, -0.05) is 74.5 Å². The third-order valence-corrected chi connectivity index (χ3v) is 7.99. The number of fused-ring (bicyclic) bond motifs is 6. The summed E-state index contributed by atoms with van der Waals surface area (Å²) in [7, 11) is 0. The molecule has 0 aliphatic carbocycles. The van der Waals surface area contributed by atoms with Crippen molar-refractivity contribution in [2.45, 2.75) is 19.9 Å². The van der Waals surface area contributed by atoms with Gasteiger partial charge in [-0.2, -0.15) is 0 Å². The van der Waals surface area contributed by atoms with Crippen LogP contribution in [0.25, 0.3) is 41.9 Å². The van der Waals surface area contributed by atoms with Gasteiger partial charge in [0.05, 0.1) is 6.04 Å². The monoisotopic (exact) mass is 463 g/mol. The van der Waals surface area contributed by atoms with Crippen LogP contribution in [0.1, 0.15) is 31.0 Å². The van der Waals surface area contributed by atoms with E-state index in [0.29, 0.717) is 5.58 Å². The van der Waals surface area contributed by atoms with Gasteiger partial charge in [0, 0.05) is 31.6 Å². The van der Waals surface area contributed by atoms with E-state index in [1.54, 1.807) is 6.07 Å². The highest BCUT2D eigenvalue weighted by molar-refractivity contribution is 7.25. The summed E-state index contributed by atoms with van der Waals surface area (Å²) in [5.74, 6) is 0. The van der Waals surface area contributed by atoms with E-state index in [9.17, 15) is 4.79 Å². The minimum Gasteiger partial charge on any atom is -0.423 e. The molecule has 1 atom stereocenters. The van der Waals surface area contributed by atoms with E-state index < -0.39 is 0 Å². The summed E-state index contributed by atoms with van der Waals surface area (Å²) in [6, 6.07) is 29.3. The van der Waals surface area contributed by atoms with E-state index in [1.165, 1.54) is 25.7 Å². The molecule has 0 bridgehead atoms. The maximum Gasteiger partial charge on any atom is 0.336 e. The number of hydrogen-bond donors (Lipinski definition) is 0. The molecule has 0 amide bonds. The van der Waals surface area contributed by atoms with E-state index in [0.717, 1.165) is 34.8 Å². The standard InChI is InChI=1S/C30H25NO2S/c1-3-31(4-2)30(20-13-15-23-22-11-7-8-12-26(22)34-27(23)17-20)24-18-28(32)33-25-16-14-19-9-5-6-10-21(19)29(24)25/h5-18,30H,3-4H2,1-2H3. The second kappa shape index (κ2) is 8.39. The Morgan fingerprint density at radius 3 is 2.35 bits per heavy atom. The van der Waals surface area contributed by atoms with Gasteiger partial charge in [-0.05, 0) is 53.2 Å². The first kappa shape index (κ1) is 21.1. The van der Waals surface area contributed by atoms with E-state index in [-0.39, 0.29) is 11.7 Å². The van der Waals surface area contributed by atoms with E-state index in [2.05, 4.69) is 73.3 Å². The van der Waals surface area contributed by atoms with Crippen molar-refractivity contribution in [3.05, 3.63) is 106 Å². The first-order valence-electron chi connectivity index (χ1n) is 11.8. The van der Waals surface area contributed by atoms with Crippen LogP contribution in [0.5, 0.6) is 0 Å². The van der Waals surface area contributed by atoms with Crippen LogP contribution in [0.3, 0.4) is 0 Å². The fourth-order valence-electron chi connectivity index (χ4n) is 5.28. The summed E-state index contributed by atoms with van der Waals surface area (Å²) < 4.78 is 8.25. The lowest BCUT2D eigenvalue weighted by Gasteiger charge is -2.31. The fraction of sp³-hybridized carbons (Fsp3) is 0.167. The van der Waals surface area contributed by atoms with Crippen molar-refractivity contribution in [2.75, 3.05) is 13.1 Å². The third kappa shape index (κ3) is 3.33. The lowest BCUT2D eigenvalue weighted by molar-refractivity contribution is 0.251. The molecule has 6 aromatic rings. The molecule has 2 aromatic heterocycles. The predicted molar refractivity (Wildman–Crippen MR) is 144 cm³/mol. The van der Waals surface area contributed by atoms with Crippen LogP contribution in [0.15, 0.2) is 94.1 Å². The summed E-state index contributed by atoms with van der Waals surface area (Å²) in [6.07, 6.45) is 0. The van der Waals surface area contributed by atoms with Crippen molar-refractivity contribution >= 4 is 53.3 Å². The van der Waals surface area contributed by atoms with E-state index in [1.807, 2.05) is 35.6 Å². The van der Waals surface area contributed by atoms with Gasteiger partial charge < -0.3 is 4.42 Å². The van der Waals surface area contributed by atoms with Crippen LogP contribution in [0, 0.1) is 0 Å². The first-order valence-corrected chi connectivity index (χ1v) is 12.6. The molecule has 1 unspecified atom stereocenters. The summed E-state index contributed by atoms with van der Waals surface area (Å²) in [4.78, 5) is 15.1. The van der Waals surface area contributed by atoms with Crippen molar-refractivity contribution in [3.63, 3.8) is 0 Å². The van der Waals surface area contributed by atoms with Gasteiger partial charge in [0.15, 0.2) is 0 Å². The van der Waals surface area contributed by atoms with Crippen molar-refractivity contribution in [3.8, 4) is 0 Å². The van der Waals surface area contributed by atoms with Crippen LogP contribution in [-0.2, 0) is 0 Å². The van der Waals surface area contributed by atoms with Crippen molar-refractivity contribution in [2.24, 2.45) is 0 Å². The average Bonchev–Trinajstić information content (AvgIpc) is 3.24. The largest absolute Gasteiger partial charge is 0.423 e. The molecule has 0 fully saturated rings. The van der Waals surface area contributed by atoms with Crippen molar-refractivity contribution in [1.82, 2.24) is 4.90 Å². The molecule has 0 saturated carbocycles. The fourth-order valence-corrected chi connectivity index (χ4v) is 6.43. The van der Waals surface area contributed by atoms with Gasteiger partial charge in [-0.3, -0.25) is 4.90 Å². The Balaban J connectivity index is 1.67. The van der Waals surface area contributed by atoms with Crippen LogP contribution in [-0.4, -0.2) is 18.0 Å². The molecular formula is C30H25NO2S. The molecule has 4 heteroatoms. The Bertz CT molecular complexity index is 1730. The highest BCUT2D eigenvalue weighted by Gasteiger charge is 2.25.